The zero-order valence-electron chi connectivity index (χ0n) is 12.3. The van der Waals surface area contributed by atoms with Gasteiger partial charge in [-0.25, -0.2) is 0 Å². The van der Waals surface area contributed by atoms with E-state index in [1.54, 1.807) is 0 Å². The second kappa shape index (κ2) is 6.05. The summed E-state index contributed by atoms with van der Waals surface area (Å²) in [5.74, 6) is 0.0954. The lowest BCUT2D eigenvalue weighted by Crippen LogP contribution is -2.36. The SMILES string of the molecule is CC(NC(=O)C1(c2ccc(Cl)cc2)CC1)c1ccccc1Br. The summed E-state index contributed by atoms with van der Waals surface area (Å²) in [6, 6.07) is 15.5. The second-order valence-electron chi connectivity index (χ2n) is 5.81. The molecule has 1 fully saturated rings. The topological polar surface area (TPSA) is 29.1 Å². The van der Waals surface area contributed by atoms with Crippen molar-refractivity contribution in [2.24, 2.45) is 0 Å². The minimum absolute atomic E-state index is 0.0344. The van der Waals surface area contributed by atoms with Crippen LogP contribution >= 0.6 is 27.5 Å². The van der Waals surface area contributed by atoms with Crippen molar-refractivity contribution in [1.29, 1.82) is 0 Å². The summed E-state index contributed by atoms with van der Waals surface area (Å²) in [5, 5.41) is 3.85. The van der Waals surface area contributed by atoms with Crippen LogP contribution in [0.3, 0.4) is 0 Å². The Bertz CT molecular complexity index is 694. The zero-order chi connectivity index (χ0) is 15.7. The first-order valence-corrected chi connectivity index (χ1v) is 8.51. The van der Waals surface area contributed by atoms with Gasteiger partial charge >= 0.3 is 0 Å². The third-order valence-corrected chi connectivity index (χ3v) is 5.27. The van der Waals surface area contributed by atoms with E-state index in [9.17, 15) is 4.79 Å². The molecule has 0 aromatic heterocycles. The standard InChI is InChI=1S/C18H17BrClNO/c1-12(15-4-2-3-5-16(15)19)21-17(22)18(10-11-18)13-6-8-14(20)9-7-13/h2-9,12H,10-11H2,1H3,(H,21,22). The van der Waals surface area contributed by atoms with Crippen molar-refractivity contribution in [3.8, 4) is 0 Å². The molecule has 3 rings (SSSR count). The number of hydrogen-bond acceptors (Lipinski definition) is 1. The summed E-state index contributed by atoms with van der Waals surface area (Å²) < 4.78 is 1.01. The predicted molar refractivity (Wildman–Crippen MR) is 93.1 cm³/mol. The van der Waals surface area contributed by atoms with E-state index in [1.807, 2.05) is 55.5 Å². The summed E-state index contributed by atoms with van der Waals surface area (Å²) in [6.07, 6.45) is 1.78. The highest BCUT2D eigenvalue weighted by molar-refractivity contribution is 9.10. The lowest BCUT2D eigenvalue weighted by molar-refractivity contribution is -0.124. The molecule has 1 unspecified atom stereocenters. The number of benzene rings is 2. The van der Waals surface area contributed by atoms with Crippen LogP contribution in [0.2, 0.25) is 5.02 Å². The van der Waals surface area contributed by atoms with Gasteiger partial charge in [-0.3, -0.25) is 4.79 Å². The molecule has 0 bridgehead atoms. The van der Waals surface area contributed by atoms with Crippen LogP contribution < -0.4 is 5.32 Å². The Kier molecular flexibility index (Phi) is 4.28. The predicted octanol–water partition coefficient (Wildman–Crippen LogP) is 5.01. The largest absolute Gasteiger partial charge is 0.349 e. The van der Waals surface area contributed by atoms with Crippen LogP contribution in [0, 0.1) is 0 Å². The minimum atomic E-state index is -0.375. The van der Waals surface area contributed by atoms with E-state index >= 15 is 0 Å². The van der Waals surface area contributed by atoms with Crippen LogP contribution in [0.5, 0.6) is 0 Å². The van der Waals surface area contributed by atoms with Gasteiger partial charge in [0.15, 0.2) is 0 Å². The second-order valence-corrected chi connectivity index (χ2v) is 7.10. The van der Waals surface area contributed by atoms with Gasteiger partial charge in [0.2, 0.25) is 5.91 Å². The van der Waals surface area contributed by atoms with Gasteiger partial charge in [0.05, 0.1) is 11.5 Å². The van der Waals surface area contributed by atoms with E-state index in [4.69, 9.17) is 11.6 Å². The molecule has 22 heavy (non-hydrogen) atoms. The Morgan fingerprint density at radius 2 is 1.82 bits per heavy atom. The van der Waals surface area contributed by atoms with Gasteiger partial charge in [-0.2, -0.15) is 0 Å². The lowest BCUT2D eigenvalue weighted by Gasteiger charge is -2.21. The van der Waals surface area contributed by atoms with Crippen LogP contribution in [0.4, 0.5) is 0 Å². The molecule has 0 aliphatic heterocycles. The zero-order valence-corrected chi connectivity index (χ0v) is 14.6. The molecule has 1 amide bonds. The van der Waals surface area contributed by atoms with Gasteiger partial charge in [-0.1, -0.05) is 57.9 Å². The highest BCUT2D eigenvalue weighted by atomic mass is 79.9. The quantitative estimate of drug-likeness (QED) is 0.796. The third-order valence-electron chi connectivity index (χ3n) is 4.30. The van der Waals surface area contributed by atoms with Crippen LogP contribution in [0.25, 0.3) is 0 Å². The Balaban J connectivity index is 1.77. The van der Waals surface area contributed by atoms with E-state index in [0.717, 1.165) is 28.4 Å². The maximum Gasteiger partial charge on any atom is 0.231 e. The molecule has 0 saturated heterocycles. The van der Waals surface area contributed by atoms with Gasteiger partial charge in [0.1, 0.15) is 0 Å². The maximum absolute atomic E-state index is 12.7. The Morgan fingerprint density at radius 1 is 1.18 bits per heavy atom. The highest BCUT2D eigenvalue weighted by Gasteiger charge is 2.51. The summed E-state index contributed by atoms with van der Waals surface area (Å²) in [7, 11) is 0. The Labute approximate surface area is 144 Å². The average Bonchev–Trinajstić information content (AvgIpc) is 3.30. The maximum atomic E-state index is 12.7. The number of halogens is 2. The highest BCUT2D eigenvalue weighted by Crippen LogP contribution is 2.49. The number of rotatable bonds is 4. The average molecular weight is 379 g/mol. The van der Waals surface area contributed by atoms with Crippen LogP contribution in [0.15, 0.2) is 53.0 Å². The molecule has 0 heterocycles. The molecule has 1 atom stereocenters. The van der Waals surface area contributed by atoms with E-state index < -0.39 is 0 Å². The van der Waals surface area contributed by atoms with Crippen molar-refractivity contribution in [3.05, 3.63) is 69.2 Å². The smallest absolute Gasteiger partial charge is 0.231 e. The van der Waals surface area contributed by atoms with Crippen molar-refractivity contribution in [3.63, 3.8) is 0 Å². The van der Waals surface area contributed by atoms with Crippen LogP contribution in [0.1, 0.15) is 36.9 Å². The first-order valence-electron chi connectivity index (χ1n) is 7.34. The Hall–Kier alpha value is -1.32. The molecule has 1 aliphatic carbocycles. The molecule has 0 radical (unpaired) electrons. The number of amides is 1. The molecule has 4 heteroatoms. The fourth-order valence-electron chi connectivity index (χ4n) is 2.78. The van der Waals surface area contributed by atoms with Crippen molar-refractivity contribution in [2.45, 2.75) is 31.2 Å². The van der Waals surface area contributed by atoms with Gasteiger partial charge < -0.3 is 5.32 Å². The minimum Gasteiger partial charge on any atom is -0.349 e. The van der Waals surface area contributed by atoms with Gasteiger partial charge in [0.25, 0.3) is 0 Å². The van der Waals surface area contributed by atoms with E-state index in [1.165, 1.54) is 0 Å². The van der Waals surface area contributed by atoms with E-state index in [-0.39, 0.29) is 17.4 Å². The molecule has 1 N–H and O–H groups in total. The Morgan fingerprint density at radius 3 is 2.41 bits per heavy atom. The van der Waals surface area contributed by atoms with Gasteiger partial charge in [-0.05, 0) is 49.1 Å². The van der Waals surface area contributed by atoms with Crippen molar-refractivity contribution >= 4 is 33.4 Å². The molecule has 2 aromatic carbocycles. The molecule has 114 valence electrons. The summed E-state index contributed by atoms with van der Waals surface area (Å²) >= 11 is 9.48. The summed E-state index contributed by atoms with van der Waals surface area (Å²) in [6.45, 7) is 2.01. The molecule has 1 saturated carbocycles. The van der Waals surface area contributed by atoms with E-state index in [0.29, 0.717) is 5.02 Å². The molecule has 1 aliphatic rings. The van der Waals surface area contributed by atoms with Gasteiger partial charge in [-0.15, -0.1) is 0 Å². The monoisotopic (exact) mass is 377 g/mol. The lowest BCUT2D eigenvalue weighted by atomic mass is 9.94. The first kappa shape index (κ1) is 15.6. The van der Waals surface area contributed by atoms with Crippen molar-refractivity contribution < 1.29 is 4.79 Å². The van der Waals surface area contributed by atoms with Crippen molar-refractivity contribution in [1.82, 2.24) is 5.32 Å². The fraction of sp³-hybridized carbons (Fsp3) is 0.278. The number of hydrogen-bond donors (Lipinski definition) is 1. The third kappa shape index (κ3) is 2.92. The number of nitrogens with one attached hydrogen (secondary N) is 1. The van der Waals surface area contributed by atoms with E-state index in [2.05, 4.69) is 21.2 Å². The molecule has 2 nitrogen and oxygen atoms in total. The summed E-state index contributed by atoms with van der Waals surface area (Å²) in [4.78, 5) is 12.7. The van der Waals surface area contributed by atoms with Gasteiger partial charge in [0, 0.05) is 9.50 Å². The first-order chi connectivity index (χ1) is 10.5. The fourth-order valence-corrected chi connectivity index (χ4v) is 3.53. The molecular formula is C18H17BrClNO. The van der Waals surface area contributed by atoms with Crippen LogP contribution in [-0.4, -0.2) is 5.91 Å². The molecule has 0 spiro atoms. The molecule has 2 aromatic rings. The number of carbonyl (C=O) groups is 1. The summed E-state index contributed by atoms with van der Waals surface area (Å²) in [5.41, 5.74) is 1.76. The van der Waals surface area contributed by atoms with Crippen LogP contribution in [-0.2, 0) is 10.2 Å². The van der Waals surface area contributed by atoms with Crippen molar-refractivity contribution in [2.75, 3.05) is 0 Å². The molecular weight excluding hydrogens is 362 g/mol. The number of carbonyl (C=O) groups excluding carboxylic acids is 1. The normalized spacial score (nSPS) is 16.9.